The minimum Gasteiger partial charge on any atom is -0.454 e. The molecule has 2 aromatic rings. The van der Waals surface area contributed by atoms with Crippen LogP contribution in [-0.2, 0) is 4.74 Å². The van der Waals surface area contributed by atoms with Crippen LogP contribution in [0.5, 0.6) is 11.5 Å². The Bertz CT molecular complexity index is 822. The number of benzene rings is 2. The highest BCUT2D eigenvalue weighted by Gasteiger charge is 2.49. The molecule has 2 aromatic carbocycles. The Labute approximate surface area is 138 Å². The molecule has 0 aliphatic carbocycles. The van der Waals surface area contributed by atoms with Crippen LogP contribution in [0.2, 0.25) is 0 Å². The first-order valence-corrected chi connectivity index (χ1v) is 7.85. The zero-order chi connectivity index (χ0) is 16.3. The van der Waals surface area contributed by atoms with Crippen molar-refractivity contribution in [2.45, 2.75) is 18.2 Å². The third kappa shape index (κ3) is 1.77. The lowest BCUT2D eigenvalue weighted by Crippen LogP contribution is -2.45. The summed E-state index contributed by atoms with van der Waals surface area (Å²) in [5.41, 5.74) is 2.56. The molecule has 1 amide bonds. The third-order valence-electron chi connectivity index (χ3n) is 4.90. The van der Waals surface area contributed by atoms with Crippen molar-refractivity contribution in [3.05, 3.63) is 59.2 Å². The van der Waals surface area contributed by atoms with Gasteiger partial charge in [-0.25, -0.2) is 4.79 Å². The first kappa shape index (κ1) is 13.7. The van der Waals surface area contributed by atoms with E-state index >= 15 is 0 Å². The molecule has 1 N–H and O–H groups in total. The molecule has 122 valence electrons. The lowest BCUT2D eigenvalue weighted by molar-refractivity contribution is 0.0587. The quantitative estimate of drug-likeness (QED) is 0.872. The van der Waals surface area contributed by atoms with Crippen molar-refractivity contribution in [1.29, 1.82) is 0 Å². The second kappa shape index (κ2) is 4.88. The van der Waals surface area contributed by atoms with E-state index in [4.69, 9.17) is 14.2 Å². The van der Waals surface area contributed by atoms with Gasteiger partial charge in [-0.3, -0.25) is 4.90 Å². The van der Waals surface area contributed by atoms with Gasteiger partial charge in [0, 0.05) is 0 Å². The maximum atomic E-state index is 12.3. The van der Waals surface area contributed by atoms with Crippen molar-refractivity contribution in [2.75, 3.05) is 13.4 Å². The number of rotatable bonds is 1. The molecule has 1 fully saturated rings. The van der Waals surface area contributed by atoms with E-state index in [-0.39, 0.29) is 19.4 Å². The Morgan fingerprint density at radius 3 is 2.46 bits per heavy atom. The summed E-state index contributed by atoms with van der Waals surface area (Å²) in [5.74, 6) is 1.26. The highest BCUT2D eigenvalue weighted by atomic mass is 16.7. The number of fused-ring (bicyclic) bond motifs is 3. The molecule has 24 heavy (non-hydrogen) atoms. The molecule has 3 aliphatic heterocycles. The van der Waals surface area contributed by atoms with Crippen LogP contribution in [-0.4, -0.2) is 35.5 Å². The molecule has 0 radical (unpaired) electrons. The zero-order valence-corrected chi connectivity index (χ0v) is 12.7. The Balaban J connectivity index is 1.75. The van der Waals surface area contributed by atoms with E-state index in [0.717, 1.165) is 16.7 Å². The van der Waals surface area contributed by atoms with Gasteiger partial charge in [0.25, 0.3) is 0 Å². The first-order chi connectivity index (χ1) is 11.7. The number of cyclic esters (lactones) is 1. The van der Waals surface area contributed by atoms with Crippen molar-refractivity contribution >= 4 is 6.09 Å². The zero-order valence-electron chi connectivity index (χ0n) is 12.7. The van der Waals surface area contributed by atoms with Crippen LogP contribution in [0, 0.1) is 0 Å². The summed E-state index contributed by atoms with van der Waals surface area (Å²) in [4.78, 5) is 13.9. The topological polar surface area (TPSA) is 68.2 Å². The van der Waals surface area contributed by atoms with Gasteiger partial charge >= 0.3 is 6.09 Å². The summed E-state index contributed by atoms with van der Waals surface area (Å²) >= 11 is 0. The first-order valence-electron chi connectivity index (χ1n) is 7.85. The average molecular weight is 325 g/mol. The number of hydrogen-bond acceptors (Lipinski definition) is 5. The predicted octanol–water partition coefficient (Wildman–Crippen LogP) is 2.37. The van der Waals surface area contributed by atoms with Crippen molar-refractivity contribution in [3.63, 3.8) is 0 Å². The Hall–Kier alpha value is -2.73. The minimum atomic E-state index is -0.819. The van der Waals surface area contributed by atoms with Crippen LogP contribution >= 0.6 is 0 Å². The third-order valence-corrected chi connectivity index (χ3v) is 4.90. The van der Waals surface area contributed by atoms with Gasteiger partial charge in [-0.05, 0) is 28.8 Å². The molecule has 3 atom stereocenters. The molecule has 0 saturated carbocycles. The molecule has 6 heteroatoms. The monoisotopic (exact) mass is 325 g/mol. The number of carbonyl (C=O) groups is 1. The average Bonchev–Trinajstić information content (AvgIpc) is 3.22. The fourth-order valence-corrected chi connectivity index (χ4v) is 3.79. The fourth-order valence-electron chi connectivity index (χ4n) is 3.79. The van der Waals surface area contributed by atoms with Gasteiger partial charge in [-0.15, -0.1) is 0 Å². The number of amides is 1. The van der Waals surface area contributed by atoms with E-state index in [2.05, 4.69) is 0 Å². The standard InChI is InChI=1S/C18H15NO5/c20-17-12-7-15-14(23-9-24-15)6-11(12)16(10-4-2-1-3-5-10)19-13(17)8-22-18(19)21/h1-7,13,16-17,20H,8-9H2/t13-,16-,17-/m1/s1. The Morgan fingerprint density at radius 2 is 1.71 bits per heavy atom. The predicted molar refractivity (Wildman–Crippen MR) is 82.8 cm³/mol. The fraction of sp³-hybridized carbons (Fsp3) is 0.278. The number of ether oxygens (including phenoxy) is 3. The van der Waals surface area contributed by atoms with Gasteiger partial charge in [0.15, 0.2) is 11.5 Å². The normalized spacial score (nSPS) is 26.8. The van der Waals surface area contributed by atoms with E-state index in [0.29, 0.717) is 11.5 Å². The van der Waals surface area contributed by atoms with Crippen LogP contribution in [0.15, 0.2) is 42.5 Å². The molecule has 0 unspecified atom stereocenters. The van der Waals surface area contributed by atoms with Crippen molar-refractivity contribution in [1.82, 2.24) is 4.90 Å². The minimum absolute atomic E-state index is 0.166. The summed E-state index contributed by atoms with van der Waals surface area (Å²) in [5, 5.41) is 10.8. The van der Waals surface area contributed by atoms with Crippen molar-refractivity contribution in [2.24, 2.45) is 0 Å². The Morgan fingerprint density at radius 1 is 1.00 bits per heavy atom. The maximum Gasteiger partial charge on any atom is 0.411 e. The van der Waals surface area contributed by atoms with Gasteiger partial charge in [0.1, 0.15) is 18.8 Å². The summed E-state index contributed by atoms with van der Waals surface area (Å²) < 4.78 is 16.1. The second-order valence-electron chi connectivity index (χ2n) is 6.14. The van der Waals surface area contributed by atoms with E-state index in [1.807, 2.05) is 42.5 Å². The summed E-state index contributed by atoms with van der Waals surface area (Å²) in [6.45, 7) is 0.344. The molecule has 0 spiro atoms. The highest BCUT2D eigenvalue weighted by molar-refractivity contribution is 5.73. The molecular weight excluding hydrogens is 310 g/mol. The van der Waals surface area contributed by atoms with Crippen molar-refractivity contribution in [3.8, 4) is 11.5 Å². The smallest absolute Gasteiger partial charge is 0.411 e. The molecular formula is C18H15NO5. The molecule has 0 aromatic heterocycles. The molecule has 0 bridgehead atoms. The van der Waals surface area contributed by atoms with Crippen LogP contribution < -0.4 is 9.47 Å². The number of aliphatic hydroxyl groups excluding tert-OH is 1. The van der Waals surface area contributed by atoms with Gasteiger partial charge in [0.05, 0.1) is 6.04 Å². The molecule has 3 heterocycles. The maximum absolute atomic E-state index is 12.3. The van der Waals surface area contributed by atoms with Crippen LogP contribution in [0.3, 0.4) is 0 Å². The molecule has 6 nitrogen and oxygen atoms in total. The van der Waals surface area contributed by atoms with E-state index in [9.17, 15) is 9.90 Å². The lowest BCUT2D eigenvalue weighted by Gasteiger charge is -2.40. The molecule has 1 saturated heterocycles. The number of carbonyl (C=O) groups excluding carboxylic acids is 1. The van der Waals surface area contributed by atoms with Crippen molar-refractivity contribution < 1.29 is 24.1 Å². The summed E-state index contributed by atoms with van der Waals surface area (Å²) in [6, 6.07) is 12.7. The van der Waals surface area contributed by atoms with Gasteiger partial charge < -0.3 is 19.3 Å². The van der Waals surface area contributed by atoms with E-state index in [1.165, 1.54) is 0 Å². The van der Waals surface area contributed by atoms with Gasteiger partial charge in [-0.2, -0.15) is 0 Å². The lowest BCUT2D eigenvalue weighted by atomic mass is 9.83. The van der Waals surface area contributed by atoms with Crippen LogP contribution in [0.1, 0.15) is 28.8 Å². The van der Waals surface area contributed by atoms with Crippen LogP contribution in [0.25, 0.3) is 0 Å². The van der Waals surface area contributed by atoms with Crippen LogP contribution in [0.4, 0.5) is 4.79 Å². The van der Waals surface area contributed by atoms with Gasteiger partial charge in [-0.1, -0.05) is 30.3 Å². The summed E-state index contributed by atoms with van der Waals surface area (Å²) in [7, 11) is 0. The summed E-state index contributed by atoms with van der Waals surface area (Å²) in [6.07, 6.45) is -1.22. The number of nitrogens with zero attached hydrogens (tertiary/aromatic N) is 1. The van der Waals surface area contributed by atoms with E-state index in [1.54, 1.807) is 4.90 Å². The molecule has 5 rings (SSSR count). The Kier molecular flexibility index (Phi) is 2.78. The largest absolute Gasteiger partial charge is 0.454 e. The second-order valence-corrected chi connectivity index (χ2v) is 6.14. The SMILES string of the molecule is O=C1OC[C@@H]2[C@H](O)c3cc4c(cc3[C@@H](c3ccccc3)N12)OCO4. The number of aliphatic hydroxyl groups is 1. The number of hydrogen-bond donors (Lipinski definition) is 1. The molecule has 3 aliphatic rings. The van der Waals surface area contributed by atoms with E-state index < -0.39 is 18.2 Å². The highest BCUT2D eigenvalue weighted by Crippen LogP contribution is 2.49. The van der Waals surface area contributed by atoms with Gasteiger partial charge in [0.2, 0.25) is 6.79 Å².